The predicted molar refractivity (Wildman–Crippen MR) is 136 cm³/mol. The number of ether oxygens (including phenoxy) is 2. The number of anilines is 1. The highest BCUT2D eigenvalue weighted by Crippen LogP contribution is 2.22. The molecule has 1 N–H and O–H groups in total. The van der Waals surface area contributed by atoms with Gasteiger partial charge in [-0.2, -0.15) is 0 Å². The largest absolute Gasteiger partial charge is 0.497 e. The Morgan fingerprint density at radius 2 is 1.43 bits per heavy atom. The van der Waals surface area contributed by atoms with Crippen LogP contribution in [0.3, 0.4) is 0 Å². The first kappa shape index (κ1) is 28.0. The lowest BCUT2D eigenvalue weighted by Gasteiger charge is -2.31. The quantitative estimate of drug-likeness (QED) is 0.476. The van der Waals surface area contributed by atoms with E-state index in [4.69, 9.17) is 9.47 Å². The van der Waals surface area contributed by atoms with Crippen LogP contribution >= 0.6 is 0 Å². The molecule has 2 amide bonds. The van der Waals surface area contributed by atoms with Crippen LogP contribution < -0.4 is 19.1 Å². The lowest BCUT2D eigenvalue weighted by molar-refractivity contribution is -0.139. The Labute approximate surface area is 208 Å². The van der Waals surface area contributed by atoms with Gasteiger partial charge < -0.3 is 19.7 Å². The fourth-order valence-corrected chi connectivity index (χ4v) is 4.17. The normalized spacial score (nSPS) is 12.1. The summed E-state index contributed by atoms with van der Waals surface area (Å²) in [7, 11) is -0.717. The summed E-state index contributed by atoms with van der Waals surface area (Å²) >= 11 is 0. The van der Waals surface area contributed by atoms with E-state index in [2.05, 4.69) is 5.32 Å². The number of hydrogen-bond acceptors (Lipinski definition) is 6. The highest BCUT2D eigenvalue weighted by atomic mass is 32.2. The molecular formula is C25H35N3O6S. The number of carbonyl (C=O) groups excluding carboxylic acids is 2. The molecule has 0 heterocycles. The van der Waals surface area contributed by atoms with Crippen molar-refractivity contribution >= 4 is 27.5 Å². The van der Waals surface area contributed by atoms with Crippen molar-refractivity contribution < 1.29 is 27.5 Å². The Balaban J connectivity index is 2.35. The van der Waals surface area contributed by atoms with Crippen LogP contribution in [-0.2, 0) is 26.2 Å². The van der Waals surface area contributed by atoms with E-state index in [-0.39, 0.29) is 18.4 Å². The minimum absolute atomic E-state index is 0.124. The Kier molecular flexibility index (Phi) is 9.94. The molecule has 0 bridgehead atoms. The molecule has 0 radical (unpaired) electrons. The maximum atomic E-state index is 13.5. The van der Waals surface area contributed by atoms with Crippen LogP contribution in [0.5, 0.6) is 11.5 Å². The molecule has 0 saturated carbocycles. The summed E-state index contributed by atoms with van der Waals surface area (Å²) in [4.78, 5) is 27.7. The lowest BCUT2D eigenvalue weighted by atomic mass is 10.1. The molecule has 0 aliphatic heterocycles. The maximum absolute atomic E-state index is 13.5. The van der Waals surface area contributed by atoms with E-state index in [9.17, 15) is 18.0 Å². The molecule has 0 aliphatic rings. The van der Waals surface area contributed by atoms with Gasteiger partial charge in [0.25, 0.3) is 0 Å². The number of nitrogens with zero attached hydrogens (tertiary/aromatic N) is 2. The molecule has 2 aromatic rings. The van der Waals surface area contributed by atoms with E-state index in [0.717, 1.165) is 16.1 Å². The van der Waals surface area contributed by atoms with Crippen molar-refractivity contribution in [2.45, 2.75) is 33.4 Å². The zero-order valence-corrected chi connectivity index (χ0v) is 22.0. The van der Waals surface area contributed by atoms with E-state index in [0.29, 0.717) is 23.7 Å². The van der Waals surface area contributed by atoms with Gasteiger partial charge in [-0.1, -0.05) is 26.0 Å². The van der Waals surface area contributed by atoms with Gasteiger partial charge in [-0.15, -0.1) is 0 Å². The molecule has 0 aromatic heterocycles. The minimum Gasteiger partial charge on any atom is -0.497 e. The Morgan fingerprint density at radius 3 is 1.89 bits per heavy atom. The molecule has 10 heteroatoms. The van der Waals surface area contributed by atoms with E-state index in [1.54, 1.807) is 62.6 Å². The molecule has 0 spiro atoms. The molecule has 0 fully saturated rings. The van der Waals surface area contributed by atoms with Crippen molar-refractivity contribution in [1.82, 2.24) is 10.2 Å². The third kappa shape index (κ3) is 8.17. The van der Waals surface area contributed by atoms with Gasteiger partial charge in [-0.25, -0.2) is 8.42 Å². The first-order valence-electron chi connectivity index (χ1n) is 11.3. The van der Waals surface area contributed by atoms with Gasteiger partial charge in [0.2, 0.25) is 21.8 Å². The number of sulfonamides is 1. The van der Waals surface area contributed by atoms with Gasteiger partial charge in [0.15, 0.2) is 0 Å². The summed E-state index contributed by atoms with van der Waals surface area (Å²) in [5, 5.41) is 2.85. The Hall–Kier alpha value is -3.27. The summed E-state index contributed by atoms with van der Waals surface area (Å²) in [6, 6.07) is 12.7. The number of amides is 2. The predicted octanol–water partition coefficient (Wildman–Crippen LogP) is 2.66. The van der Waals surface area contributed by atoms with Gasteiger partial charge in [-0.3, -0.25) is 13.9 Å². The highest BCUT2D eigenvalue weighted by Gasteiger charge is 2.30. The maximum Gasteiger partial charge on any atom is 0.244 e. The molecule has 2 aromatic carbocycles. The first-order valence-corrected chi connectivity index (χ1v) is 13.1. The number of benzene rings is 2. The fourth-order valence-electron chi connectivity index (χ4n) is 3.32. The van der Waals surface area contributed by atoms with Gasteiger partial charge >= 0.3 is 0 Å². The minimum atomic E-state index is -3.79. The van der Waals surface area contributed by atoms with E-state index >= 15 is 0 Å². The van der Waals surface area contributed by atoms with Gasteiger partial charge in [0, 0.05) is 13.1 Å². The fraction of sp³-hybridized carbons (Fsp3) is 0.440. The summed E-state index contributed by atoms with van der Waals surface area (Å²) in [5.74, 6) is 0.653. The Morgan fingerprint density at radius 1 is 0.914 bits per heavy atom. The van der Waals surface area contributed by atoms with Gasteiger partial charge in [0.1, 0.15) is 24.1 Å². The van der Waals surface area contributed by atoms with Crippen LogP contribution in [-0.4, -0.2) is 64.7 Å². The number of hydrogen-bond donors (Lipinski definition) is 1. The van der Waals surface area contributed by atoms with Crippen molar-refractivity contribution in [1.29, 1.82) is 0 Å². The second kappa shape index (κ2) is 12.4. The van der Waals surface area contributed by atoms with Crippen LogP contribution in [0.2, 0.25) is 0 Å². The van der Waals surface area contributed by atoms with Crippen molar-refractivity contribution in [2.24, 2.45) is 5.92 Å². The number of methoxy groups -OCH3 is 2. The average molecular weight is 506 g/mol. The van der Waals surface area contributed by atoms with Gasteiger partial charge in [0.05, 0.1) is 26.2 Å². The second-order valence-electron chi connectivity index (χ2n) is 8.65. The third-order valence-corrected chi connectivity index (χ3v) is 6.54. The molecule has 0 aliphatic carbocycles. The lowest BCUT2D eigenvalue weighted by Crippen LogP contribution is -2.51. The summed E-state index contributed by atoms with van der Waals surface area (Å²) in [6.45, 7) is 5.72. The van der Waals surface area contributed by atoms with Crippen molar-refractivity contribution in [3.05, 3.63) is 54.1 Å². The molecule has 1 unspecified atom stereocenters. The summed E-state index contributed by atoms with van der Waals surface area (Å²) < 4.78 is 36.5. The molecule has 35 heavy (non-hydrogen) atoms. The zero-order chi connectivity index (χ0) is 26.2. The third-order valence-electron chi connectivity index (χ3n) is 5.40. The monoisotopic (exact) mass is 505 g/mol. The first-order chi connectivity index (χ1) is 16.5. The highest BCUT2D eigenvalue weighted by molar-refractivity contribution is 7.92. The summed E-state index contributed by atoms with van der Waals surface area (Å²) in [6.07, 6.45) is 1.04. The molecular weight excluding hydrogens is 470 g/mol. The zero-order valence-electron chi connectivity index (χ0n) is 21.1. The number of rotatable bonds is 12. The smallest absolute Gasteiger partial charge is 0.244 e. The SMILES string of the molecule is COc1ccc(CN(C(=O)CN(c2ccc(OC)cc2)S(C)(=O)=O)C(C)C(=O)NCC(C)C)cc1. The van der Waals surface area contributed by atoms with Crippen LogP contribution in [0, 0.1) is 5.92 Å². The van der Waals surface area contributed by atoms with Gasteiger partial charge in [-0.05, 0) is 54.8 Å². The number of carbonyl (C=O) groups is 2. The molecule has 9 nitrogen and oxygen atoms in total. The molecule has 1 atom stereocenters. The van der Waals surface area contributed by atoms with Crippen molar-refractivity contribution in [3.63, 3.8) is 0 Å². The van der Waals surface area contributed by atoms with E-state index in [1.165, 1.54) is 12.0 Å². The summed E-state index contributed by atoms with van der Waals surface area (Å²) in [5.41, 5.74) is 1.10. The second-order valence-corrected chi connectivity index (χ2v) is 10.6. The van der Waals surface area contributed by atoms with Crippen molar-refractivity contribution in [2.75, 3.05) is 37.9 Å². The van der Waals surface area contributed by atoms with E-state index < -0.39 is 28.5 Å². The van der Waals surface area contributed by atoms with Crippen LogP contribution in [0.1, 0.15) is 26.3 Å². The van der Waals surface area contributed by atoms with Crippen LogP contribution in [0.4, 0.5) is 5.69 Å². The standard InChI is InChI=1S/C25H35N3O6S/c1-18(2)15-26-25(30)19(3)27(16-20-7-11-22(33-4)12-8-20)24(29)17-28(35(6,31)32)21-9-13-23(34-5)14-10-21/h7-14,18-19H,15-17H2,1-6H3,(H,26,30). The number of nitrogens with one attached hydrogen (secondary N) is 1. The molecule has 192 valence electrons. The van der Waals surface area contributed by atoms with Crippen LogP contribution in [0.25, 0.3) is 0 Å². The Bertz CT molecular complexity index is 1090. The molecule has 0 saturated heterocycles. The molecule has 2 rings (SSSR count). The van der Waals surface area contributed by atoms with Crippen molar-refractivity contribution in [3.8, 4) is 11.5 Å². The average Bonchev–Trinajstić information content (AvgIpc) is 2.83. The van der Waals surface area contributed by atoms with E-state index in [1.807, 2.05) is 13.8 Å². The van der Waals surface area contributed by atoms with Crippen LogP contribution in [0.15, 0.2) is 48.5 Å². The topological polar surface area (TPSA) is 105 Å².